The van der Waals surface area contributed by atoms with Crippen molar-refractivity contribution < 1.29 is 9.53 Å². The van der Waals surface area contributed by atoms with Gasteiger partial charge < -0.3 is 4.74 Å². The molecule has 2 amide bonds. The molecule has 3 N–H and O–H groups in total. The van der Waals surface area contributed by atoms with E-state index in [1.165, 1.54) is 17.8 Å². The topological polar surface area (TPSA) is 91.9 Å². The van der Waals surface area contributed by atoms with Crippen molar-refractivity contribution in [3.8, 4) is 0 Å². The van der Waals surface area contributed by atoms with Crippen molar-refractivity contribution >= 4 is 28.3 Å². The zero-order chi connectivity index (χ0) is 14.8. The Morgan fingerprint density at radius 3 is 3.10 bits per heavy atom. The van der Waals surface area contributed by atoms with Crippen LogP contribution in [-0.2, 0) is 11.3 Å². The summed E-state index contributed by atoms with van der Waals surface area (Å²) in [6.45, 7) is 2.63. The number of anilines is 2. The van der Waals surface area contributed by atoms with Crippen LogP contribution in [0.25, 0.3) is 0 Å². The summed E-state index contributed by atoms with van der Waals surface area (Å²) < 4.78 is 4.98. The van der Waals surface area contributed by atoms with Crippen molar-refractivity contribution in [2.24, 2.45) is 5.92 Å². The zero-order valence-electron chi connectivity index (χ0n) is 11.8. The van der Waals surface area contributed by atoms with Crippen molar-refractivity contribution in [2.45, 2.75) is 25.9 Å². The van der Waals surface area contributed by atoms with Crippen LogP contribution in [0.3, 0.4) is 0 Å². The predicted molar refractivity (Wildman–Crippen MR) is 80.6 cm³/mol. The van der Waals surface area contributed by atoms with Gasteiger partial charge in [0, 0.05) is 30.2 Å². The Labute approximate surface area is 126 Å². The third-order valence-electron chi connectivity index (χ3n) is 3.41. The number of methoxy groups -OCH3 is 1. The molecule has 0 unspecified atom stereocenters. The number of thiazole rings is 1. The number of nitrogens with one attached hydrogen (secondary N) is 3. The lowest BCUT2D eigenvalue weighted by molar-refractivity contribution is 0.182. The van der Waals surface area contributed by atoms with Crippen LogP contribution < -0.4 is 10.6 Å². The third kappa shape index (κ3) is 3.40. The van der Waals surface area contributed by atoms with Gasteiger partial charge in [-0.3, -0.25) is 15.7 Å². The number of amides is 2. The quantitative estimate of drug-likeness (QED) is 0.792. The molecule has 1 fully saturated rings. The number of aromatic amines is 1. The van der Waals surface area contributed by atoms with E-state index >= 15 is 0 Å². The van der Waals surface area contributed by atoms with Gasteiger partial charge in [0.15, 0.2) is 10.9 Å². The minimum atomic E-state index is -0.352. The van der Waals surface area contributed by atoms with Crippen molar-refractivity contribution in [3.63, 3.8) is 0 Å². The van der Waals surface area contributed by atoms with Gasteiger partial charge in [-0.1, -0.05) is 6.92 Å². The van der Waals surface area contributed by atoms with Crippen LogP contribution in [0, 0.1) is 5.92 Å². The number of H-pyrrole nitrogens is 1. The number of hydrogen-bond acceptors (Lipinski definition) is 5. The molecular formula is C13H17N5O2S. The number of carbonyl (C=O) groups is 1. The van der Waals surface area contributed by atoms with Gasteiger partial charge in [-0.05, 0) is 12.3 Å². The van der Waals surface area contributed by atoms with E-state index in [9.17, 15) is 4.79 Å². The highest BCUT2D eigenvalue weighted by Crippen LogP contribution is 2.46. The Balaban J connectivity index is 1.54. The molecule has 0 saturated heterocycles. The zero-order valence-corrected chi connectivity index (χ0v) is 12.7. The largest absolute Gasteiger partial charge is 0.378 e. The Morgan fingerprint density at radius 1 is 1.57 bits per heavy atom. The number of rotatable bonds is 5. The molecule has 0 aromatic carbocycles. The van der Waals surface area contributed by atoms with Gasteiger partial charge in [0.25, 0.3) is 0 Å². The fraction of sp³-hybridized carbons (Fsp3) is 0.462. The van der Waals surface area contributed by atoms with Crippen LogP contribution in [0.15, 0.2) is 11.4 Å². The molecule has 0 aliphatic heterocycles. The van der Waals surface area contributed by atoms with E-state index < -0.39 is 0 Å². The first kappa shape index (κ1) is 14.0. The van der Waals surface area contributed by atoms with Crippen molar-refractivity contribution in [2.75, 3.05) is 17.7 Å². The highest BCUT2D eigenvalue weighted by molar-refractivity contribution is 7.13. The summed E-state index contributed by atoms with van der Waals surface area (Å²) in [5.41, 5.74) is 1.87. The first-order valence-electron chi connectivity index (χ1n) is 6.72. The maximum Gasteiger partial charge on any atom is 0.326 e. The van der Waals surface area contributed by atoms with Gasteiger partial charge in [-0.15, -0.1) is 11.3 Å². The van der Waals surface area contributed by atoms with Gasteiger partial charge in [0.1, 0.15) is 0 Å². The SMILES string of the molecule is COCc1csc(NC(=O)Nc2cc([C@H]3C[C@H]3C)[nH]n2)n1. The maximum absolute atomic E-state index is 11.9. The lowest BCUT2D eigenvalue weighted by Gasteiger charge is -2.01. The van der Waals surface area contributed by atoms with E-state index in [0.717, 1.165) is 11.4 Å². The lowest BCUT2D eigenvalue weighted by atomic mass is 10.2. The highest BCUT2D eigenvalue weighted by Gasteiger charge is 2.35. The molecule has 112 valence electrons. The second-order valence-electron chi connectivity index (χ2n) is 5.18. The third-order valence-corrected chi connectivity index (χ3v) is 4.22. The Bertz CT molecular complexity index is 638. The number of hydrogen-bond donors (Lipinski definition) is 3. The Hall–Kier alpha value is -1.93. The summed E-state index contributed by atoms with van der Waals surface area (Å²) in [7, 11) is 1.61. The average Bonchev–Trinajstić information content (AvgIpc) is 2.85. The standard InChI is InChI=1S/C13H17N5O2S/c1-7-3-9(7)10-4-11(18-17-10)15-12(19)16-13-14-8(5-20-2)6-21-13/h4,6-7,9H,3,5H2,1-2H3,(H3,14,15,16,17,18,19)/t7-,9+/m1/s1. The van der Waals surface area contributed by atoms with Gasteiger partial charge >= 0.3 is 6.03 Å². The molecule has 2 aromatic heterocycles. The molecule has 0 bridgehead atoms. The fourth-order valence-electron chi connectivity index (χ4n) is 2.17. The molecule has 1 aliphatic carbocycles. The number of carbonyl (C=O) groups excluding carboxylic acids is 1. The summed E-state index contributed by atoms with van der Waals surface area (Å²) in [5, 5.41) is 14.8. The Kier molecular flexibility index (Phi) is 3.89. The summed E-state index contributed by atoms with van der Waals surface area (Å²) in [6, 6.07) is 1.53. The van der Waals surface area contributed by atoms with Crippen LogP contribution in [0.4, 0.5) is 15.7 Å². The van der Waals surface area contributed by atoms with E-state index in [0.29, 0.717) is 29.4 Å². The van der Waals surface area contributed by atoms with Gasteiger partial charge in [-0.25, -0.2) is 9.78 Å². The van der Waals surface area contributed by atoms with Crippen molar-refractivity contribution in [1.82, 2.24) is 15.2 Å². The lowest BCUT2D eigenvalue weighted by Crippen LogP contribution is -2.19. The second-order valence-corrected chi connectivity index (χ2v) is 6.04. The molecule has 0 radical (unpaired) electrons. The maximum atomic E-state index is 11.9. The smallest absolute Gasteiger partial charge is 0.326 e. The molecule has 2 heterocycles. The normalized spacial score (nSPS) is 20.3. The molecule has 3 rings (SSSR count). The molecule has 1 saturated carbocycles. The summed E-state index contributed by atoms with van der Waals surface area (Å²) in [5.74, 6) is 1.77. The van der Waals surface area contributed by atoms with Crippen LogP contribution in [0.5, 0.6) is 0 Å². The van der Waals surface area contributed by atoms with Gasteiger partial charge in [-0.2, -0.15) is 5.10 Å². The first-order valence-corrected chi connectivity index (χ1v) is 7.60. The first-order chi connectivity index (χ1) is 10.2. The van der Waals surface area contributed by atoms with E-state index in [-0.39, 0.29) is 6.03 Å². The molecule has 7 nitrogen and oxygen atoms in total. The summed E-state index contributed by atoms with van der Waals surface area (Å²) >= 11 is 1.36. The average molecular weight is 307 g/mol. The van der Waals surface area contributed by atoms with E-state index in [1.807, 2.05) is 11.4 Å². The monoisotopic (exact) mass is 307 g/mol. The Morgan fingerprint density at radius 2 is 2.38 bits per heavy atom. The minimum absolute atomic E-state index is 0.352. The summed E-state index contributed by atoms with van der Waals surface area (Å²) in [4.78, 5) is 16.1. The number of nitrogens with zero attached hydrogens (tertiary/aromatic N) is 2. The second kappa shape index (κ2) is 5.82. The van der Waals surface area contributed by atoms with Crippen LogP contribution >= 0.6 is 11.3 Å². The van der Waals surface area contributed by atoms with Gasteiger partial charge in [0.2, 0.25) is 0 Å². The molecule has 1 aliphatic rings. The van der Waals surface area contributed by atoms with Crippen LogP contribution in [0.1, 0.15) is 30.7 Å². The van der Waals surface area contributed by atoms with E-state index in [1.54, 1.807) is 7.11 Å². The molecule has 2 aromatic rings. The van der Waals surface area contributed by atoms with E-state index in [4.69, 9.17) is 4.74 Å². The van der Waals surface area contributed by atoms with Crippen molar-refractivity contribution in [1.29, 1.82) is 0 Å². The van der Waals surface area contributed by atoms with Crippen LogP contribution in [-0.4, -0.2) is 28.3 Å². The molecular weight excluding hydrogens is 290 g/mol. The summed E-state index contributed by atoms with van der Waals surface area (Å²) in [6.07, 6.45) is 1.18. The number of ether oxygens (including phenoxy) is 1. The number of urea groups is 1. The molecule has 8 heteroatoms. The molecule has 21 heavy (non-hydrogen) atoms. The van der Waals surface area contributed by atoms with E-state index in [2.05, 4.69) is 32.7 Å². The fourth-order valence-corrected chi connectivity index (χ4v) is 2.86. The number of aromatic nitrogens is 3. The van der Waals surface area contributed by atoms with Crippen molar-refractivity contribution in [3.05, 3.63) is 22.8 Å². The predicted octanol–water partition coefficient (Wildman–Crippen LogP) is 2.78. The highest BCUT2D eigenvalue weighted by atomic mass is 32.1. The van der Waals surface area contributed by atoms with Crippen LogP contribution in [0.2, 0.25) is 0 Å². The van der Waals surface area contributed by atoms with Gasteiger partial charge in [0.05, 0.1) is 12.3 Å². The molecule has 2 atom stereocenters. The minimum Gasteiger partial charge on any atom is -0.378 e. The molecule has 0 spiro atoms.